The average Bonchev–Trinajstić information content (AvgIpc) is 3.77. The number of nitrogens with zero attached hydrogens (tertiary/aromatic N) is 2. The lowest BCUT2D eigenvalue weighted by atomic mass is 9.50. The molecule has 0 radical (unpaired) electrons. The van der Waals surface area contributed by atoms with Crippen molar-refractivity contribution in [1.82, 2.24) is 5.01 Å². The van der Waals surface area contributed by atoms with Crippen LogP contribution in [0.2, 0.25) is 10.0 Å². The molecule has 1 aromatic heterocycles. The van der Waals surface area contributed by atoms with E-state index in [2.05, 4.69) is 21.4 Å². The van der Waals surface area contributed by atoms with Crippen molar-refractivity contribution in [2.45, 2.75) is 30.8 Å². The molecule has 2 aliphatic carbocycles. The first kappa shape index (κ1) is 33.7. The molecule has 51 heavy (non-hydrogen) atoms. The van der Waals surface area contributed by atoms with Crippen LogP contribution in [0.1, 0.15) is 35.8 Å². The van der Waals surface area contributed by atoms with Gasteiger partial charge in [-0.3, -0.25) is 29.5 Å². The summed E-state index contributed by atoms with van der Waals surface area (Å²) in [6, 6.07) is 22.0. The SMILES string of the molecule is COc1ccc(C23C(=O)N(Nc4ccc(Cl)cc4Cl)C(=O)C2CC2C(=CCC4C(=O)N(c5ccc(Br)cc5)C(=O)C42)C3c2ccc(CO)o2)cc1. The highest BCUT2D eigenvalue weighted by molar-refractivity contribution is 9.10. The van der Waals surface area contributed by atoms with Gasteiger partial charge in [-0.2, -0.15) is 5.01 Å². The number of methoxy groups -OCH3 is 1. The van der Waals surface area contributed by atoms with Crippen LogP contribution in [-0.2, 0) is 31.2 Å². The molecule has 3 fully saturated rings. The quantitative estimate of drug-likeness (QED) is 0.151. The van der Waals surface area contributed by atoms with Gasteiger partial charge in [0.1, 0.15) is 29.3 Å². The maximum atomic E-state index is 15.2. The molecule has 8 rings (SSSR count). The number of carbonyl (C=O) groups excluding carboxylic acids is 4. The van der Waals surface area contributed by atoms with Crippen LogP contribution in [0.4, 0.5) is 11.4 Å². The van der Waals surface area contributed by atoms with Gasteiger partial charge in [0.2, 0.25) is 11.8 Å². The lowest BCUT2D eigenvalue weighted by Gasteiger charge is -2.49. The highest BCUT2D eigenvalue weighted by atomic mass is 79.9. The van der Waals surface area contributed by atoms with Gasteiger partial charge in [-0.05, 0) is 91.1 Å². The summed E-state index contributed by atoms with van der Waals surface area (Å²) >= 11 is 16.1. The molecule has 2 aliphatic heterocycles. The molecule has 2 N–H and O–H groups in total. The van der Waals surface area contributed by atoms with Gasteiger partial charge in [0.25, 0.3) is 11.8 Å². The number of hydrogen-bond acceptors (Lipinski definition) is 8. The maximum absolute atomic E-state index is 15.2. The lowest BCUT2D eigenvalue weighted by molar-refractivity contribution is -0.138. The zero-order chi connectivity index (χ0) is 35.8. The van der Waals surface area contributed by atoms with Crippen LogP contribution in [0.3, 0.4) is 0 Å². The molecule has 6 unspecified atom stereocenters. The number of hydrogen-bond donors (Lipinski definition) is 2. The van der Waals surface area contributed by atoms with Gasteiger partial charge in [-0.15, -0.1) is 0 Å². The van der Waals surface area contributed by atoms with Gasteiger partial charge in [-0.25, -0.2) is 0 Å². The smallest absolute Gasteiger partial charge is 0.260 e. The summed E-state index contributed by atoms with van der Waals surface area (Å²) in [5.74, 6) is -4.45. The third-order valence-electron chi connectivity index (χ3n) is 10.8. The number of nitrogens with one attached hydrogen (secondary N) is 1. The Kier molecular flexibility index (Phi) is 8.37. The van der Waals surface area contributed by atoms with E-state index in [0.717, 1.165) is 15.1 Å². The van der Waals surface area contributed by atoms with Gasteiger partial charge >= 0.3 is 0 Å². The van der Waals surface area contributed by atoms with Crippen molar-refractivity contribution >= 4 is 74.1 Å². The first-order valence-corrected chi connectivity index (χ1v) is 17.9. The highest BCUT2D eigenvalue weighted by Crippen LogP contribution is 2.64. The van der Waals surface area contributed by atoms with Crippen molar-refractivity contribution in [3.05, 3.63) is 122 Å². The van der Waals surface area contributed by atoms with E-state index in [9.17, 15) is 19.5 Å². The number of benzene rings is 3. The summed E-state index contributed by atoms with van der Waals surface area (Å²) in [5, 5.41) is 11.6. The fourth-order valence-corrected chi connectivity index (χ4v) is 9.35. The molecule has 2 saturated heterocycles. The Morgan fingerprint density at radius 1 is 0.941 bits per heavy atom. The fraction of sp³-hybridized carbons (Fsp3) is 0.263. The predicted octanol–water partition coefficient (Wildman–Crippen LogP) is 7.04. The topological polar surface area (TPSA) is 129 Å². The van der Waals surface area contributed by atoms with Crippen molar-refractivity contribution in [2.24, 2.45) is 23.7 Å². The number of ether oxygens (including phenoxy) is 1. The number of rotatable bonds is 7. The Bertz CT molecular complexity index is 2140. The van der Waals surface area contributed by atoms with E-state index in [1.54, 1.807) is 72.8 Å². The number of aliphatic hydroxyl groups excluding tert-OH is 1. The number of furan rings is 1. The number of imide groups is 2. The molecule has 10 nitrogen and oxygen atoms in total. The number of carbonyl (C=O) groups is 4. The first-order valence-electron chi connectivity index (χ1n) is 16.4. The van der Waals surface area contributed by atoms with E-state index < -0.39 is 46.8 Å². The zero-order valence-corrected chi connectivity index (χ0v) is 30.1. The fourth-order valence-electron chi connectivity index (χ4n) is 8.63. The first-order chi connectivity index (χ1) is 24.6. The molecular formula is C38H30BrCl2N3O7. The van der Waals surface area contributed by atoms with E-state index in [1.165, 1.54) is 18.1 Å². The monoisotopic (exact) mass is 789 g/mol. The minimum absolute atomic E-state index is 0.105. The van der Waals surface area contributed by atoms with Gasteiger partial charge < -0.3 is 14.3 Å². The minimum Gasteiger partial charge on any atom is -0.497 e. The summed E-state index contributed by atoms with van der Waals surface area (Å²) in [6.45, 7) is -0.385. The Balaban J connectivity index is 1.31. The molecule has 0 bridgehead atoms. The standard InChI is InChI=1S/C38H30BrCl2N3O7/c1-50-23-9-2-19(3-10-23)38-28(35(47)44(37(38)49)42-30-14-6-21(40)16-29(30)41)17-27-25(33(38)31-15-11-24(18-45)51-31)12-13-26-32(27)36(48)43(34(26)46)22-7-4-20(39)5-8-22/h2-12,14-16,26-28,32-33,42,45H,13,17-18H2,1H3. The number of hydrazine groups is 1. The maximum Gasteiger partial charge on any atom is 0.260 e. The second kappa shape index (κ2) is 12.7. The van der Waals surface area contributed by atoms with E-state index in [1.807, 2.05) is 6.08 Å². The van der Waals surface area contributed by atoms with Crippen molar-refractivity contribution < 1.29 is 33.4 Å². The van der Waals surface area contributed by atoms with E-state index in [0.29, 0.717) is 33.5 Å². The molecule has 0 spiro atoms. The van der Waals surface area contributed by atoms with E-state index in [-0.39, 0.29) is 42.0 Å². The van der Waals surface area contributed by atoms with Crippen LogP contribution in [0, 0.1) is 23.7 Å². The molecular weight excluding hydrogens is 761 g/mol. The Morgan fingerprint density at radius 3 is 2.35 bits per heavy atom. The molecule has 6 atom stereocenters. The summed E-state index contributed by atoms with van der Waals surface area (Å²) < 4.78 is 12.5. The third kappa shape index (κ3) is 5.08. The van der Waals surface area contributed by atoms with Crippen molar-refractivity contribution in [3.8, 4) is 5.75 Å². The third-order valence-corrected chi connectivity index (χ3v) is 11.9. The number of allylic oxidation sites excluding steroid dienone is 2. The van der Waals surface area contributed by atoms with E-state index >= 15 is 4.79 Å². The second-order valence-electron chi connectivity index (χ2n) is 13.2. The van der Waals surface area contributed by atoms with Gasteiger partial charge in [-0.1, -0.05) is 62.9 Å². The predicted molar refractivity (Wildman–Crippen MR) is 192 cm³/mol. The van der Waals surface area contributed by atoms with Gasteiger partial charge in [0.05, 0.1) is 47.2 Å². The van der Waals surface area contributed by atoms with Gasteiger partial charge in [0, 0.05) is 9.50 Å². The van der Waals surface area contributed by atoms with E-state index in [4.69, 9.17) is 32.4 Å². The van der Waals surface area contributed by atoms with Crippen LogP contribution in [0.15, 0.2) is 99.4 Å². The Morgan fingerprint density at radius 2 is 1.69 bits per heavy atom. The molecule has 1 saturated carbocycles. The zero-order valence-electron chi connectivity index (χ0n) is 27.0. The van der Waals surface area contributed by atoms with Crippen LogP contribution in [0.5, 0.6) is 5.75 Å². The number of aliphatic hydroxyl groups is 1. The lowest BCUT2D eigenvalue weighted by Crippen LogP contribution is -2.53. The molecule has 3 aromatic carbocycles. The number of amides is 4. The number of fused-ring (bicyclic) bond motifs is 4. The van der Waals surface area contributed by atoms with Crippen molar-refractivity contribution in [3.63, 3.8) is 0 Å². The van der Waals surface area contributed by atoms with Crippen LogP contribution in [-0.4, -0.2) is 40.9 Å². The molecule has 4 amide bonds. The van der Waals surface area contributed by atoms with Crippen molar-refractivity contribution in [2.75, 3.05) is 17.4 Å². The van der Waals surface area contributed by atoms with Crippen LogP contribution < -0.4 is 15.1 Å². The normalized spacial score (nSPS) is 26.9. The molecule has 4 aliphatic rings. The van der Waals surface area contributed by atoms with Crippen molar-refractivity contribution in [1.29, 1.82) is 0 Å². The summed E-state index contributed by atoms with van der Waals surface area (Å²) in [7, 11) is 1.54. The second-order valence-corrected chi connectivity index (χ2v) is 14.9. The minimum atomic E-state index is -1.56. The van der Waals surface area contributed by atoms with Crippen LogP contribution >= 0.6 is 39.1 Å². The van der Waals surface area contributed by atoms with Crippen LogP contribution in [0.25, 0.3) is 0 Å². The Hall–Kier alpha value is -4.42. The molecule has 3 heterocycles. The number of anilines is 2. The number of halogens is 3. The largest absolute Gasteiger partial charge is 0.497 e. The highest BCUT2D eigenvalue weighted by Gasteiger charge is 2.71. The summed E-state index contributed by atoms with van der Waals surface area (Å²) in [6.07, 6.45) is 2.30. The van der Waals surface area contributed by atoms with Gasteiger partial charge in [0.15, 0.2) is 0 Å². The summed E-state index contributed by atoms with van der Waals surface area (Å²) in [5.41, 5.74) is 3.43. The molecule has 13 heteroatoms. The summed E-state index contributed by atoms with van der Waals surface area (Å²) in [4.78, 5) is 59.6. The molecule has 4 aromatic rings. The molecule has 260 valence electrons. The average molecular weight is 791 g/mol. The Labute approximate surface area is 311 Å².